The molecule has 0 aliphatic carbocycles. The lowest BCUT2D eigenvalue weighted by atomic mass is 10.1. The molecule has 0 saturated carbocycles. The molecule has 0 bridgehead atoms. The van der Waals surface area contributed by atoms with Gasteiger partial charge >= 0.3 is 0 Å². The molecule has 0 aliphatic heterocycles. The van der Waals surface area contributed by atoms with Gasteiger partial charge in [0.15, 0.2) is 0 Å². The maximum Gasteiger partial charge on any atom is 0.286 e. The number of ether oxygens (including phenoxy) is 1. The molecule has 0 fully saturated rings. The van der Waals surface area contributed by atoms with Crippen molar-refractivity contribution in [3.05, 3.63) is 28.8 Å². The average molecular weight is 235 g/mol. The summed E-state index contributed by atoms with van der Waals surface area (Å²) >= 11 is 0. The third-order valence-corrected chi connectivity index (χ3v) is 2.62. The third kappa shape index (κ3) is 3.06. The first-order valence-corrected chi connectivity index (χ1v) is 5.34. The van der Waals surface area contributed by atoms with Gasteiger partial charge in [-0.05, 0) is 30.5 Å². The summed E-state index contributed by atoms with van der Waals surface area (Å²) in [5.74, 6) is 0.342. The van der Waals surface area contributed by atoms with Gasteiger partial charge in [-0.15, -0.1) is 0 Å². The normalized spacial score (nSPS) is 9.88. The molecule has 0 spiro atoms. The standard InChI is InChI=1S/C13H17NO3/c1-9-5-11(6-10(2)13(9)17-4)7-14(3)12(16)8-15/h5-6,8H,7H2,1-4H3. The van der Waals surface area contributed by atoms with Crippen molar-refractivity contribution in [2.24, 2.45) is 0 Å². The van der Waals surface area contributed by atoms with E-state index < -0.39 is 5.91 Å². The molecule has 0 heterocycles. The molecule has 0 N–H and O–H groups in total. The van der Waals surface area contributed by atoms with E-state index in [4.69, 9.17) is 4.74 Å². The Bertz CT molecular complexity index is 417. The molecule has 0 radical (unpaired) electrons. The van der Waals surface area contributed by atoms with E-state index in [1.165, 1.54) is 4.90 Å². The molecule has 1 aromatic carbocycles. The van der Waals surface area contributed by atoms with Gasteiger partial charge in [0.25, 0.3) is 5.91 Å². The Morgan fingerprint density at radius 3 is 2.29 bits per heavy atom. The number of hydrogen-bond acceptors (Lipinski definition) is 3. The number of carbonyl (C=O) groups excluding carboxylic acids is 2. The van der Waals surface area contributed by atoms with Gasteiger partial charge in [0, 0.05) is 13.6 Å². The summed E-state index contributed by atoms with van der Waals surface area (Å²) in [5, 5.41) is 0. The molecule has 92 valence electrons. The number of methoxy groups -OCH3 is 1. The number of nitrogens with zero attached hydrogens (tertiary/aromatic N) is 1. The Balaban J connectivity index is 2.94. The number of amides is 1. The number of benzene rings is 1. The van der Waals surface area contributed by atoms with Crippen LogP contribution < -0.4 is 4.74 Å². The smallest absolute Gasteiger partial charge is 0.286 e. The van der Waals surface area contributed by atoms with E-state index in [0.29, 0.717) is 12.8 Å². The number of likely N-dealkylation sites (N-methyl/N-ethyl adjacent to an activating group) is 1. The van der Waals surface area contributed by atoms with E-state index in [2.05, 4.69) is 0 Å². The molecule has 1 amide bonds. The van der Waals surface area contributed by atoms with Crippen LogP contribution in [0.15, 0.2) is 12.1 Å². The van der Waals surface area contributed by atoms with Crippen LogP contribution in [-0.2, 0) is 16.1 Å². The van der Waals surface area contributed by atoms with Gasteiger partial charge in [0.05, 0.1) is 7.11 Å². The number of aldehydes is 1. The monoisotopic (exact) mass is 235 g/mol. The third-order valence-electron chi connectivity index (χ3n) is 2.62. The highest BCUT2D eigenvalue weighted by atomic mass is 16.5. The summed E-state index contributed by atoms with van der Waals surface area (Å²) in [7, 11) is 3.24. The largest absolute Gasteiger partial charge is 0.496 e. The predicted molar refractivity (Wildman–Crippen MR) is 65.0 cm³/mol. The molecule has 0 aliphatic rings. The maximum atomic E-state index is 11.1. The van der Waals surface area contributed by atoms with Gasteiger partial charge < -0.3 is 9.64 Å². The van der Waals surface area contributed by atoms with Crippen molar-refractivity contribution >= 4 is 12.2 Å². The fourth-order valence-electron chi connectivity index (χ4n) is 1.89. The highest BCUT2D eigenvalue weighted by molar-refractivity contribution is 6.23. The summed E-state index contributed by atoms with van der Waals surface area (Å²) in [6.45, 7) is 4.33. The molecular weight excluding hydrogens is 218 g/mol. The minimum absolute atomic E-state index is 0.323. The van der Waals surface area contributed by atoms with Crippen LogP contribution in [0.1, 0.15) is 16.7 Å². The topological polar surface area (TPSA) is 46.6 Å². The first kappa shape index (κ1) is 13.2. The molecule has 0 atom stereocenters. The number of hydrogen-bond donors (Lipinski definition) is 0. The Kier molecular flexibility index (Phi) is 4.26. The van der Waals surface area contributed by atoms with Crippen LogP contribution in [0.2, 0.25) is 0 Å². The van der Waals surface area contributed by atoms with Gasteiger partial charge in [-0.3, -0.25) is 9.59 Å². The van der Waals surface area contributed by atoms with Crippen molar-refractivity contribution in [3.8, 4) is 5.75 Å². The second-order valence-corrected chi connectivity index (χ2v) is 4.08. The van der Waals surface area contributed by atoms with Crippen molar-refractivity contribution < 1.29 is 14.3 Å². The summed E-state index contributed by atoms with van der Waals surface area (Å²) in [5.41, 5.74) is 3.03. The average Bonchev–Trinajstić information content (AvgIpc) is 2.27. The SMILES string of the molecule is COc1c(C)cc(CN(C)C(=O)C=O)cc1C. The molecule has 4 heteroatoms. The Labute approximate surface area is 101 Å². The lowest BCUT2D eigenvalue weighted by Crippen LogP contribution is -2.26. The lowest BCUT2D eigenvalue weighted by Gasteiger charge is -2.16. The Morgan fingerprint density at radius 2 is 1.88 bits per heavy atom. The number of carbonyl (C=O) groups is 2. The minimum atomic E-state index is -0.517. The molecular formula is C13H17NO3. The van der Waals surface area contributed by atoms with Crippen molar-refractivity contribution in [2.45, 2.75) is 20.4 Å². The highest BCUT2D eigenvalue weighted by Crippen LogP contribution is 2.24. The zero-order valence-corrected chi connectivity index (χ0v) is 10.6. The molecule has 0 aromatic heterocycles. The summed E-state index contributed by atoms with van der Waals surface area (Å²) < 4.78 is 5.27. The molecule has 4 nitrogen and oxygen atoms in total. The molecule has 0 unspecified atom stereocenters. The van der Waals surface area contributed by atoms with Crippen LogP contribution >= 0.6 is 0 Å². The van der Waals surface area contributed by atoms with Crippen LogP contribution in [-0.4, -0.2) is 31.3 Å². The quantitative estimate of drug-likeness (QED) is 0.586. The lowest BCUT2D eigenvalue weighted by molar-refractivity contribution is -0.138. The fraction of sp³-hybridized carbons (Fsp3) is 0.385. The second kappa shape index (κ2) is 5.48. The minimum Gasteiger partial charge on any atom is -0.496 e. The summed E-state index contributed by atoms with van der Waals surface area (Å²) in [6, 6.07) is 3.92. The first-order valence-electron chi connectivity index (χ1n) is 5.34. The van der Waals surface area contributed by atoms with E-state index in [0.717, 1.165) is 22.4 Å². The Hall–Kier alpha value is -1.84. The van der Waals surface area contributed by atoms with E-state index in [1.807, 2.05) is 26.0 Å². The van der Waals surface area contributed by atoms with E-state index in [-0.39, 0.29) is 0 Å². The fourth-order valence-corrected chi connectivity index (χ4v) is 1.89. The zero-order valence-electron chi connectivity index (χ0n) is 10.6. The van der Waals surface area contributed by atoms with Gasteiger partial charge in [-0.25, -0.2) is 0 Å². The highest BCUT2D eigenvalue weighted by Gasteiger charge is 2.10. The van der Waals surface area contributed by atoms with Crippen molar-refractivity contribution in [1.82, 2.24) is 4.90 Å². The Morgan fingerprint density at radius 1 is 1.35 bits per heavy atom. The van der Waals surface area contributed by atoms with Crippen molar-refractivity contribution in [2.75, 3.05) is 14.2 Å². The summed E-state index contributed by atoms with van der Waals surface area (Å²) in [6.07, 6.45) is 0.323. The van der Waals surface area contributed by atoms with E-state index in [1.54, 1.807) is 14.2 Å². The van der Waals surface area contributed by atoms with Crippen LogP contribution in [0.4, 0.5) is 0 Å². The molecule has 0 saturated heterocycles. The van der Waals surface area contributed by atoms with Gasteiger partial charge in [-0.2, -0.15) is 0 Å². The van der Waals surface area contributed by atoms with Gasteiger partial charge in [0.1, 0.15) is 5.75 Å². The van der Waals surface area contributed by atoms with Gasteiger partial charge in [0.2, 0.25) is 6.29 Å². The maximum absolute atomic E-state index is 11.1. The molecule has 1 aromatic rings. The predicted octanol–water partition coefficient (Wildman–Crippen LogP) is 1.47. The van der Waals surface area contributed by atoms with Crippen LogP contribution in [0.5, 0.6) is 5.75 Å². The van der Waals surface area contributed by atoms with Crippen molar-refractivity contribution in [3.63, 3.8) is 0 Å². The van der Waals surface area contributed by atoms with Crippen molar-refractivity contribution in [1.29, 1.82) is 0 Å². The first-order chi connectivity index (χ1) is 7.99. The van der Waals surface area contributed by atoms with Crippen LogP contribution in [0, 0.1) is 13.8 Å². The zero-order chi connectivity index (χ0) is 13.0. The number of aryl methyl sites for hydroxylation is 2. The van der Waals surface area contributed by atoms with E-state index >= 15 is 0 Å². The second-order valence-electron chi connectivity index (χ2n) is 4.08. The van der Waals surface area contributed by atoms with Crippen LogP contribution in [0.3, 0.4) is 0 Å². The molecule has 1 rings (SSSR count). The van der Waals surface area contributed by atoms with Crippen LogP contribution in [0.25, 0.3) is 0 Å². The van der Waals surface area contributed by atoms with E-state index in [9.17, 15) is 9.59 Å². The molecule has 17 heavy (non-hydrogen) atoms. The van der Waals surface area contributed by atoms with Gasteiger partial charge in [-0.1, -0.05) is 12.1 Å². The summed E-state index contributed by atoms with van der Waals surface area (Å²) in [4.78, 5) is 22.9. The number of rotatable bonds is 4.